The van der Waals surface area contributed by atoms with Crippen molar-refractivity contribution in [2.24, 2.45) is 0 Å². The molecule has 0 aliphatic heterocycles. The maximum atomic E-state index is 6.56. The first-order valence-electron chi connectivity index (χ1n) is 9.05. The highest BCUT2D eigenvalue weighted by Crippen LogP contribution is 2.15. The number of anilines is 2. The summed E-state index contributed by atoms with van der Waals surface area (Å²) in [5, 5.41) is 4.87. The second-order valence-electron chi connectivity index (χ2n) is 6.66. The Balaban J connectivity index is 2.20. The average Bonchev–Trinajstić information content (AvgIpc) is 2.73. The van der Waals surface area contributed by atoms with Gasteiger partial charge in [-0.3, -0.25) is 0 Å². The van der Waals surface area contributed by atoms with Crippen LogP contribution in [0.15, 0.2) is 109 Å². The van der Waals surface area contributed by atoms with Crippen molar-refractivity contribution < 1.29 is 0 Å². The molecule has 4 rings (SSSR count). The third-order valence-electron chi connectivity index (χ3n) is 5.14. The van der Waals surface area contributed by atoms with Crippen molar-refractivity contribution in [2.75, 3.05) is 11.5 Å². The molecule has 0 aromatic heterocycles. The van der Waals surface area contributed by atoms with Gasteiger partial charge in [0.15, 0.2) is 8.07 Å². The van der Waals surface area contributed by atoms with Crippen molar-refractivity contribution in [3.05, 3.63) is 109 Å². The van der Waals surface area contributed by atoms with E-state index in [0.717, 1.165) is 11.4 Å². The monoisotopic (exact) mass is 366 g/mol. The van der Waals surface area contributed by atoms with Gasteiger partial charge in [-0.15, -0.1) is 0 Å². The summed E-state index contributed by atoms with van der Waals surface area (Å²) in [6.45, 7) is 0. The van der Waals surface area contributed by atoms with Crippen LogP contribution in [-0.4, -0.2) is 8.07 Å². The Morgan fingerprint density at radius 1 is 0.407 bits per heavy atom. The maximum Gasteiger partial charge on any atom is 0.183 e. The second kappa shape index (κ2) is 7.14. The Morgan fingerprint density at radius 2 is 0.741 bits per heavy atom. The first-order chi connectivity index (χ1) is 13.2. The smallest absolute Gasteiger partial charge is 0.183 e. The molecule has 2 nitrogen and oxygen atoms in total. The highest BCUT2D eigenvalue weighted by molar-refractivity contribution is 7.21. The van der Waals surface area contributed by atoms with Crippen molar-refractivity contribution in [1.29, 1.82) is 0 Å². The number of nitrogen functional groups attached to an aromatic ring is 2. The Kier molecular flexibility index (Phi) is 4.53. The minimum atomic E-state index is -2.64. The minimum absolute atomic E-state index is 0.806. The molecule has 4 aromatic carbocycles. The van der Waals surface area contributed by atoms with Gasteiger partial charge in [0.2, 0.25) is 0 Å². The zero-order valence-corrected chi connectivity index (χ0v) is 16.0. The lowest BCUT2D eigenvalue weighted by molar-refractivity contribution is 1.65. The van der Waals surface area contributed by atoms with Crippen LogP contribution in [0.5, 0.6) is 0 Å². The van der Waals surface area contributed by atoms with E-state index >= 15 is 0 Å². The van der Waals surface area contributed by atoms with E-state index in [-0.39, 0.29) is 0 Å². The number of para-hydroxylation sites is 2. The highest BCUT2D eigenvalue weighted by Gasteiger charge is 2.43. The normalized spacial score (nSPS) is 11.3. The zero-order valence-electron chi connectivity index (χ0n) is 15.0. The fourth-order valence-corrected chi connectivity index (χ4v) is 8.96. The van der Waals surface area contributed by atoms with Crippen molar-refractivity contribution in [3.8, 4) is 0 Å². The van der Waals surface area contributed by atoms with Gasteiger partial charge in [-0.05, 0) is 32.9 Å². The summed E-state index contributed by atoms with van der Waals surface area (Å²) in [5.41, 5.74) is 14.7. The molecule has 3 heteroatoms. The first kappa shape index (κ1) is 17.1. The molecule has 27 heavy (non-hydrogen) atoms. The van der Waals surface area contributed by atoms with Crippen LogP contribution in [0, 0.1) is 0 Å². The van der Waals surface area contributed by atoms with Crippen molar-refractivity contribution in [2.45, 2.75) is 0 Å². The van der Waals surface area contributed by atoms with Crippen LogP contribution < -0.4 is 32.2 Å². The van der Waals surface area contributed by atoms with Crippen LogP contribution >= 0.6 is 0 Å². The topological polar surface area (TPSA) is 52.0 Å². The summed E-state index contributed by atoms with van der Waals surface area (Å²) in [6.07, 6.45) is 0. The molecule has 0 amide bonds. The lowest BCUT2D eigenvalue weighted by atomic mass is 10.3. The number of rotatable bonds is 4. The molecule has 4 aromatic rings. The van der Waals surface area contributed by atoms with Gasteiger partial charge in [0.05, 0.1) is 0 Å². The Morgan fingerprint density at radius 3 is 1.11 bits per heavy atom. The summed E-state index contributed by atoms with van der Waals surface area (Å²) in [5.74, 6) is 0. The molecule has 0 atom stereocenters. The van der Waals surface area contributed by atoms with E-state index < -0.39 is 8.07 Å². The number of hydrogen-bond acceptors (Lipinski definition) is 2. The molecular weight excluding hydrogens is 344 g/mol. The van der Waals surface area contributed by atoms with Gasteiger partial charge in [-0.25, -0.2) is 0 Å². The molecule has 0 fully saturated rings. The van der Waals surface area contributed by atoms with Crippen LogP contribution in [0.1, 0.15) is 0 Å². The predicted molar refractivity (Wildman–Crippen MR) is 119 cm³/mol. The molecule has 0 spiro atoms. The second-order valence-corrected chi connectivity index (χ2v) is 10.4. The Bertz CT molecular complexity index is 959. The standard InChI is InChI=1S/C24H22N2Si/c25-21-15-7-9-17-23(21)27(19-11-3-1-4-12-19,20-13-5-2-6-14-20)24-18-10-8-16-22(24)26/h1-18H,25-26H2. The van der Waals surface area contributed by atoms with Crippen LogP contribution in [0.3, 0.4) is 0 Å². The fraction of sp³-hybridized carbons (Fsp3) is 0. The van der Waals surface area contributed by atoms with Gasteiger partial charge in [-0.1, -0.05) is 97.1 Å². The quantitative estimate of drug-likeness (QED) is 0.331. The van der Waals surface area contributed by atoms with Crippen LogP contribution in [0.2, 0.25) is 0 Å². The molecule has 4 N–H and O–H groups in total. The number of hydrogen-bond donors (Lipinski definition) is 2. The van der Waals surface area contributed by atoms with E-state index in [4.69, 9.17) is 11.5 Å². The molecule has 0 unspecified atom stereocenters. The van der Waals surface area contributed by atoms with Crippen molar-refractivity contribution >= 4 is 40.2 Å². The number of benzene rings is 4. The highest BCUT2D eigenvalue weighted by atomic mass is 28.3. The van der Waals surface area contributed by atoms with Crippen molar-refractivity contribution in [3.63, 3.8) is 0 Å². The summed E-state index contributed by atoms with van der Waals surface area (Å²) in [7, 11) is -2.64. The molecular formula is C24H22N2Si. The van der Waals surface area contributed by atoms with E-state index in [0.29, 0.717) is 0 Å². The van der Waals surface area contributed by atoms with E-state index in [1.807, 2.05) is 24.3 Å². The molecule has 0 aliphatic carbocycles. The largest absolute Gasteiger partial charge is 0.399 e. The summed E-state index contributed by atoms with van der Waals surface area (Å²) < 4.78 is 0. The van der Waals surface area contributed by atoms with E-state index in [2.05, 4.69) is 84.9 Å². The van der Waals surface area contributed by atoms with Gasteiger partial charge in [0.25, 0.3) is 0 Å². The van der Waals surface area contributed by atoms with Crippen LogP contribution in [0.4, 0.5) is 11.4 Å². The van der Waals surface area contributed by atoms with Gasteiger partial charge < -0.3 is 11.5 Å². The van der Waals surface area contributed by atoms with Crippen LogP contribution in [0.25, 0.3) is 0 Å². The molecule has 0 radical (unpaired) electrons. The first-order valence-corrected chi connectivity index (χ1v) is 11.1. The summed E-state index contributed by atoms with van der Waals surface area (Å²) >= 11 is 0. The molecule has 0 saturated carbocycles. The zero-order chi connectivity index (χ0) is 18.7. The molecule has 0 saturated heterocycles. The van der Waals surface area contributed by atoms with Gasteiger partial charge in [0, 0.05) is 11.4 Å². The molecule has 0 heterocycles. The predicted octanol–water partition coefficient (Wildman–Crippen LogP) is 2.23. The third kappa shape index (κ3) is 2.82. The lowest BCUT2D eigenvalue weighted by Crippen LogP contribution is -2.75. The summed E-state index contributed by atoms with van der Waals surface area (Å²) in [6, 6.07) is 37.7. The van der Waals surface area contributed by atoms with Gasteiger partial charge >= 0.3 is 0 Å². The van der Waals surface area contributed by atoms with E-state index in [1.54, 1.807) is 0 Å². The van der Waals surface area contributed by atoms with Gasteiger partial charge in [-0.2, -0.15) is 0 Å². The van der Waals surface area contributed by atoms with Gasteiger partial charge in [0.1, 0.15) is 0 Å². The minimum Gasteiger partial charge on any atom is -0.399 e. The SMILES string of the molecule is Nc1ccccc1[Si](c1ccccc1)(c1ccccc1)c1ccccc1N. The Hall–Kier alpha value is -3.30. The molecule has 132 valence electrons. The van der Waals surface area contributed by atoms with Crippen molar-refractivity contribution in [1.82, 2.24) is 0 Å². The fourth-order valence-electron chi connectivity index (χ4n) is 3.99. The maximum absolute atomic E-state index is 6.56. The third-order valence-corrected chi connectivity index (χ3v) is 10.1. The van der Waals surface area contributed by atoms with E-state index in [9.17, 15) is 0 Å². The Labute approximate surface area is 161 Å². The van der Waals surface area contributed by atoms with E-state index in [1.165, 1.54) is 20.7 Å². The summed E-state index contributed by atoms with van der Waals surface area (Å²) in [4.78, 5) is 0. The number of nitrogens with two attached hydrogens (primary N) is 2. The average molecular weight is 367 g/mol. The molecule has 0 aliphatic rings. The lowest BCUT2D eigenvalue weighted by Gasteiger charge is -2.36. The van der Waals surface area contributed by atoms with Crippen LogP contribution in [-0.2, 0) is 0 Å². The molecule has 0 bridgehead atoms.